The number of ether oxygens (including phenoxy) is 1. The molecule has 0 aliphatic heterocycles. The van der Waals surface area contributed by atoms with Gasteiger partial charge in [0.15, 0.2) is 0 Å². The molecule has 2 rings (SSSR count). The average molecular weight is 529 g/mol. The van der Waals surface area contributed by atoms with E-state index in [2.05, 4.69) is 17.2 Å². The number of primary amides is 1. The zero-order valence-electron chi connectivity index (χ0n) is 23.3. The van der Waals surface area contributed by atoms with E-state index >= 15 is 0 Å². The van der Waals surface area contributed by atoms with Crippen molar-refractivity contribution in [3.8, 4) is 0 Å². The van der Waals surface area contributed by atoms with Crippen molar-refractivity contribution < 1.29 is 23.9 Å². The minimum atomic E-state index is -1.29. The summed E-state index contributed by atoms with van der Waals surface area (Å²) in [5.74, 6) is -1.62. The molecule has 1 saturated carbocycles. The Morgan fingerprint density at radius 3 is 2.45 bits per heavy atom. The highest BCUT2D eigenvalue weighted by atomic mass is 16.6. The van der Waals surface area contributed by atoms with E-state index in [0.717, 1.165) is 44.1 Å². The summed E-state index contributed by atoms with van der Waals surface area (Å²) in [5, 5.41) is 5.67. The number of nitrogens with two attached hydrogens (primary N) is 1. The van der Waals surface area contributed by atoms with E-state index in [1.54, 1.807) is 32.9 Å². The largest absolute Gasteiger partial charge is 0.444 e. The molecule has 9 nitrogen and oxygen atoms in total. The summed E-state index contributed by atoms with van der Waals surface area (Å²) in [6, 6.07) is 5.09. The van der Waals surface area contributed by atoms with Gasteiger partial charge in [-0.05, 0) is 57.2 Å². The highest BCUT2D eigenvalue weighted by molar-refractivity contribution is 5.94. The van der Waals surface area contributed by atoms with E-state index in [1.807, 2.05) is 25.1 Å². The summed E-state index contributed by atoms with van der Waals surface area (Å²) in [4.78, 5) is 53.8. The maximum atomic E-state index is 14.0. The summed E-state index contributed by atoms with van der Waals surface area (Å²) < 4.78 is 5.32. The minimum Gasteiger partial charge on any atom is -0.444 e. The van der Waals surface area contributed by atoms with Crippen LogP contribution in [0.3, 0.4) is 0 Å². The first kappa shape index (κ1) is 30.9. The normalized spacial score (nSPS) is 15.6. The lowest BCUT2D eigenvalue weighted by atomic mass is 9.94. The van der Waals surface area contributed by atoms with Crippen LogP contribution >= 0.6 is 0 Å². The van der Waals surface area contributed by atoms with Gasteiger partial charge in [0.25, 0.3) is 0 Å². The molecule has 0 spiro atoms. The lowest BCUT2D eigenvalue weighted by Gasteiger charge is -2.35. The monoisotopic (exact) mass is 528 g/mol. The second-order valence-corrected chi connectivity index (χ2v) is 10.9. The van der Waals surface area contributed by atoms with Gasteiger partial charge in [0.2, 0.25) is 17.7 Å². The van der Waals surface area contributed by atoms with Crippen LogP contribution in [0.1, 0.15) is 96.2 Å². The summed E-state index contributed by atoms with van der Waals surface area (Å²) in [6.45, 7) is 11.2. The molecule has 0 radical (unpaired) electrons. The topological polar surface area (TPSA) is 131 Å². The molecule has 0 saturated heterocycles. The number of rotatable bonds is 12. The van der Waals surface area contributed by atoms with Gasteiger partial charge in [0.1, 0.15) is 17.7 Å². The fourth-order valence-electron chi connectivity index (χ4n) is 4.60. The molecule has 1 fully saturated rings. The second-order valence-electron chi connectivity index (χ2n) is 10.9. The SMILES string of the molecule is C=Cc1cccc(C(C(=O)NC2CCCCC2)N(CCCC)C(=O)C(CC(N)=O)NC(=O)OC(C)(C)C)c1. The van der Waals surface area contributed by atoms with Gasteiger partial charge in [0.05, 0.1) is 6.42 Å². The average Bonchev–Trinajstić information content (AvgIpc) is 2.84. The van der Waals surface area contributed by atoms with Crippen LogP contribution < -0.4 is 16.4 Å². The minimum absolute atomic E-state index is 0.0331. The Morgan fingerprint density at radius 1 is 1.18 bits per heavy atom. The zero-order valence-corrected chi connectivity index (χ0v) is 23.3. The van der Waals surface area contributed by atoms with Gasteiger partial charge in [0, 0.05) is 12.6 Å². The number of hydrogen-bond donors (Lipinski definition) is 3. The molecule has 1 aromatic carbocycles. The first-order valence-corrected chi connectivity index (χ1v) is 13.6. The molecule has 1 aliphatic carbocycles. The number of alkyl carbamates (subject to hydrolysis) is 1. The number of benzene rings is 1. The third-order valence-corrected chi connectivity index (χ3v) is 6.40. The van der Waals surface area contributed by atoms with Crippen LogP contribution in [-0.2, 0) is 19.1 Å². The van der Waals surface area contributed by atoms with Crippen LogP contribution in [0.4, 0.5) is 4.79 Å². The van der Waals surface area contributed by atoms with Crippen molar-refractivity contribution in [2.24, 2.45) is 5.73 Å². The molecule has 210 valence electrons. The quantitative estimate of drug-likeness (QED) is 0.374. The summed E-state index contributed by atoms with van der Waals surface area (Å²) in [7, 11) is 0. The van der Waals surface area contributed by atoms with E-state index in [-0.39, 0.29) is 18.5 Å². The van der Waals surface area contributed by atoms with Crippen LogP contribution in [0, 0.1) is 0 Å². The van der Waals surface area contributed by atoms with Gasteiger partial charge in [-0.25, -0.2) is 4.79 Å². The van der Waals surface area contributed by atoms with Crippen LogP contribution in [0.15, 0.2) is 30.8 Å². The Kier molecular flexibility index (Phi) is 11.8. The van der Waals surface area contributed by atoms with Crippen molar-refractivity contribution in [3.05, 3.63) is 42.0 Å². The number of carbonyl (C=O) groups excluding carboxylic acids is 4. The van der Waals surface area contributed by atoms with Gasteiger partial charge < -0.3 is 26.0 Å². The van der Waals surface area contributed by atoms with E-state index < -0.39 is 42.0 Å². The van der Waals surface area contributed by atoms with Crippen LogP contribution in [-0.4, -0.2) is 52.9 Å². The van der Waals surface area contributed by atoms with Crippen molar-refractivity contribution in [2.45, 2.75) is 103 Å². The molecule has 2 atom stereocenters. The van der Waals surface area contributed by atoms with Crippen molar-refractivity contribution in [2.75, 3.05) is 6.54 Å². The molecule has 1 aliphatic rings. The summed E-state index contributed by atoms with van der Waals surface area (Å²) >= 11 is 0. The fourth-order valence-corrected chi connectivity index (χ4v) is 4.60. The Morgan fingerprint density at radius 2 is 1.87 bits per heavy atom. The number of unbranched alkanes of at least 4 members (excludes halogenated alkanes) is 1. The van der Waals surface area contributed by atoms with Crippen LogP contribution in [0.25, 0.3) is 6.08 Å². The molecule has 0 aromatic heterocycles. The third kappa shape index (κ3) is 9.84. The second kappa shape index (κ2) is 14.5. The van der Waals surface area contributed by atoms with Crippen LogP contribution in [0.5, 0.6) is 0 Å². The summed E-state index contributed by atoms with van der Waals surface area (Å²) in [5.41, 5.74) is 6.07. The maximum absolute atomic E-state index is 14.0. The van der Waals surface area contributed by atoms with Crippen LogP contribution in [0.2, 0.25) is 0 Å². The summed E-state index contributed by atoms with van der Waals surface area (Å²) in [6.07, 6.45) is 6.80. The molecule has 38 heavy (non-hydrogen) atoms. The first-order valence-electron chi connectivity index (χ1n) is 13.6. The molecular formula is C29H44N4O5. The lowest BCUT2D eigenvalue weighted by molar-refractivity contribution is -0.143. The molecule has 0 bridgehead atoms. The highest BCUT2D eigenvalue weighted by Crippen LogP contribution is 2.27. The molecule has 2 unspecified atom stereocenters. The zero-order chi connectivity index (χ0) is 28.3. The van der Waals surface area contributed by atoms with Gasteiger partial charge in [-0.2, -0.15) is 0 Å². The fraction of sp³-hybridized carbons (Fsp3) is 0.586. The maximum Gasteiger partial charge on any atom is 0.408 e. The number of carbonyl (C=O) groups is 4. The number of nitrogens with zero attached hydrogens (tertiary/aromatic N) is 1. The van der Waals surface area contributed by atoms with Crippen molar-refractivity contribution in [3.63, 3.8) is 0 Å². The Labute approximate surface area is 226 Å². The van der Waals surface area contributed by atoms with E-state index in [9.17, 15) is 19.2 Å². The molecule has 1 aromatic rings. The number of nitrogens with one attached hydrogen (secondary N) is 2. The Hall–Kier alpha value is -3.36. The van der Waals surface area contributed by atoms with Gasteiger partial charge in [-0.1, -0.05) is 63.5 Å². The van der Waals surface area contributed by atoms with Crippen molar-refractivity contribution in [1.29, 1.82) is 0 Å². The van der Waals surface area contributed by atoms with Gasteiger partial charge in [-0.3, -0.25) is 14.4 Å². The van der Waals surface area contributed by atoms with Gasteiger partial charge >= 0.3 is 6.09 Å². The van der Waals surface area contributed by atoms with Crippen molar-refractivity contribution >= 4 is 29.9 Å². The lowest BCUT2D eigenvalue weighted by Crippen LogP contribution is -2.55. The van der Waals surface area contributed by atoms with E-state index in [1.165, 1.54) is 4.90 Å². The number of amides is 4. The predicted octanol–water partition coefficient (Wildman–Crippen LogP) is 4.22. The smallest absolute Gasteiger partial charge is 0.408 e. The molecule has 9 heteroatoms. The molecule has 4 N–H and O–H groups in total. The molecule has 4 amide bonds. The first-order chi connectivity index (χ1) is 17.9. The van der Waals surface area contributed by atoms with Gasteiger partial charge in [-0.15, -0.1) is 0 Å². The van der Waals surface area contributed by atoms with E-state index in [0.29, 0.717) is 12.0 Å². The Bertz CT molecular complexity index is 981. The highest BCUT2D eigenvalue weighted by Gasteiger charge is 2.37. The third-order valence-electron chi connectivity index (χ3n) is 6.40. The predicted molar refractivity (Wildman–Crippen MR) is 148 cm³/mol. The molecular weight excluding hydrogens is 484 g/mol. The Balaban J connectivity index is 2.49. The van der Waals surface area contributed by atoms with E-state index in [4.69, 9.17) is 10.5 Å². The standard InChI is InChI=1S/C29H44N4O5/c1-6-8-17-33(27(36)23(19-24(30)34)32-28(37)38-29(3,4)5)25(21-14-12-13-20(7-2)18-21)26(35)31-22-15-10-9-11-16-22/h7,12-14,18,22-23,25H,2,6,8-11,15-17,19H2,1,3-5H3,(H2,30,34)(H,31,35)(H,32,37). The number of hydrogen-bond acceptors (Lipinski definition) is 5. The molecule has 0 heterocycles. The van der Waals surface area contributed by atoms with Crippen molar-refractivity contribution in [1.82, 2.24) is 15.5 Å².